The van der Waals surface area contributed by atoms with E-state index in [0.29, 0.717) is 18.1 Å². The first kappa shape index (κ1) is 14.3. The highest BCUT2D eigenvalue weighted by Gasteiger charge is 2.25. The number of anilines is 1. The van der Waals surface area contributed by atoms with Crippen molar-refractivity contribution in [3.8, 4) is 5.75 Å². The number of nitrogens with two attached hydrogens (primary N) is 1. The SMILES string of the molecule is CC(C)Oc1cccnc1NCC(C)(C)C(N)=O. The number of hydrogen-bond acceptors (Lipinski definition) is 4. The van der Waals surface area contributed by atoms with Crippen LogP contribution in [0, 0.1) is 5.41 Å². The average molecular weight is 251 g/mol. The van der Waals surface area contributed by atoms with E-state index in [4.69, 9.17) is 10.5 Å². The number of aromatic nitrogens is 1. The summed E-state index contributed by atoms with van der Waals surface area (Å²) in [6.45, 7) is 7.88. The Kier molecular flexibility index (Phi) is 4.53. The predicted molar refractivity (Wildman–Crippen MR) is 71.5 cm³/mol. The fraction of sp³-hybridized carbons (Fsp3) is 0.538. The molecule has 1 amide bonds. The van der Waals surface area contributed by atoms with Gasteiger partial charge in [0, 0.05) is 12.7 Å². The standard InChI is InChI=1S/C13H21N3O2/c1-9(2)18-10-6-5-7-15-11(10)16-8-13(3,4)12(14)17/h5-7,9H,8H2,1-4H3,(H2,14,17)(H,15,16). The molecule has 1 aromatic heterocycles. The van der Waals surface area contributed by atoms with Crippen molar-refractivity contribution in [1.82, 2.24) is 4.98 Å². The Labute approximate surface area is 108 Å². The fourth-order valence-electron chi connectivity index (χ4n) is 1.26. The number of ether oxygens (including phenoxy) is 1. The molecule has 0 aliphatic heterocycles. The molecule has 0 saturated heterocycles. The van der Waals surface area contributed by atoms with Crippen LogP contribution in [0.3, 0.4) is 0 Å². The lowest BCUT2D eigenvalue weighted by molar-refractivity contribution is -0.125. The van der Waals surface area contributed by atoms with Crippen molar-refractivity contribution < 1.29 is 9.53 Å². The van der Waals surface area contributed by atoms with Crippen LogP contribution in [0.1, 0.15) is 27.7 Å². The number of rotatable bonds is 6. The molecule has 0 fully saturated rings. The first-order valence-corrected chi connectivity index (χ1v) is 5.98. The summed E-state index contributed by atoms with van der Waals surface area (Å²) >= 11 is 0. The highest BCUT2D eigenvalue weighted by Crippen LogP contribution is 2.24. The van der Waals surface area contributed by atoms with E-state index >= 15 is 0 Å². The van der Waals surface area contributed by atoms with Crippen molar-refractivity contribution in [2.45, 2.75) is 33.8 Å². The molecule has 0 unspecified atom stereocenters. The van der Waals surface area contributed by atoms with Crippen molar-refractivity contribution >= 4 is 11.7 Å². The summed E-state index contributed by atoms with van der Waals surface area (Å²) in [4.78, 5) is 15.4. The smallest absolute Gasteiger partial charge is 0.224 e. The predicted octanol–water partition coefficient (Wildman–Crippen LogP) is 1.79. The molecule has 0 bridgehead atoms. The van der Waals surface area contributed by atoms with Crippen LogP contribution in [0.5, 0.6) is 5.75 Å². The number of nitrogens with one attached hydrogen (secondary N) is 1. The molecule has 0 radical (unpaired) electrons. The van der Waals surface area contributed by atoms with E-state index in [9.17, 15) is 4.79 Å². The molecule has 0 spiro atoms. The topological polar surface area (TPSA) is 77.2 Å². The zero-order chi connectivity index (χ0) is 13.8. The van der Waals surface area contributed by atoms with Crippen molar-refractivity contribution in [1.29, 1.82) is 0 Å². The maximum Gasteiger partial charge on any atom is 0.224 e. The van der Waals surface area contributed by atoms with Crippen LogP contribution in [0.4, 0.5) is 5.82 Å². The van der Waals surface area contributed by atoms with Gasteiger partial charge in [-0.25, -0.2) is 4.98 Å². The third kappa shape index (κ3) is 3.91. The summed E-state index contributed by atoms with van der Waals surface area (Å²) in [5.74, 6) is 0.950. The lowest BCUT2D eigenvalue weighted by atomic mass is 9.93. The largest absolute Gasteiger partial charge is 0.487 e. The highest BCUT2D eigenvalue weighted by molar-refractivity contribution is 5.80. The van der Waals surface area contributed by atoms with Crippen LogP contribution in [-0.4, -0.2) is 23.5 Å². The minimum atomic E-state index is -0.632. The van der Waals surface area contributed by atoms with Gasteiger partial charge in [-0.2, -0.15) is 0 Å². The Morgan fingerprint density at radius 1 is 1.56 bits per heavy atom. The zero-order valence-electron chi connectivity index (χ0n) is 11.4. The van der Waals surface area contributed by atoms with E-state index in [-0.39, 0.29) is 12.0 Å². The molecule has 3 N–H and O–H groups in total. The van der Waals surface area contributed by atoms with Crippen molar-refractivity contribution in [3.05, 3.63) is 18.3 Å². The van der Waals surface area contributed by atoms with Gasteiger partial charge in [0.25, 0.3) is 0 Å². The summed E-state index contributed by atoms with van der Waals surface area (Å²) in [5.41, 5.74) is 4.69. The Balaban J connectivity index is 2.76. The van der Waals surface area contributed by atoms with Gasteiger partial charge in [0.2, 0.25) is 5.91 Å². The summed E-state index contributed by atoms with van der Waals surface area (Å²) in [5, 5.41) is 3.10. The molecule has 1 rings (SSSR count). The van der Waals surface area contributed by atoms with Crippen LogP contribution in [0.2, 0.25) is 0 Å². The van der Waals surface area contributed by atoms with E-state index in [0.717, 1.165) is 0 Å². The van der Waals surface area contributed by atoms with E-state index in [2.05, 4.69) is 10.3 Å². The number of carbonyl (C=O) groups excluding carboxylic acids is 1. The van der Waals surface area contributed by atoms with Gasteiger partial charge in [-0.15, -0.1) is 0 Å². The molecular weight excluding hydrogens is 230 g/mol. The van der Waals surface area contributed by atoms with Crippen molar-refractivity contribution in [2.24, 2.45) is 11.1 Å². The number of pyridine rings is 1. The van der Waals surface area contributed by atoms with E-state index in [1.54, 1.807) is 20.0 Å². The number of carbonyl (C=O) groups is 1. The normalized spacial score (nSPS) is 11.4. The number of hydrogen-bond donors (Lipinski definition) is 2. The molecule has 0 aliphatic rings. The van der Waals surface area contributed by atoms with Crippen LogP contribution < -0.4 is 15.8 Å². The van der Waals surface area contributed by atoms with Gasteiger partial charge in [-0.05, 0) is 39.8 Å². The molecule has 5 nitrogen and oxygen atoms in total. The van der Waals surface area contributed by atoms with Crippen LogP contribution >= 0.6 is 0 Å². The van der Waals surface area contributed by atoms with Gasteiger partial charge < -0.3 is 15.8 Å². The molecule has 1 heterocycles. The van der Waals surface area contributed by atoms with Crippen LogP contribution in [0.15, 0.2) is 18.3 Å². The first-order chi connectivity index (χ1) is 8.33. The summed E-state index contributed by atoms with van der Waals surface area (Å²) in [6.07, 6.45) is 1.74. The van der Waals surface area contributed by atoms with Crippen LogP contribution in [0.25, 0.3) is 0 Å². The molecule has 100 valence electrons. The highest BCUT2D eigenvalue weighted by atomic mass is 16.5. The Morgan fingerprint density at radius 2 is 2.22 bits per heavy atom. The lowest BCUT2D eigenvalue weighted by Crippen LogP contribution is -2.37. The molecule has 0 saturated carbocycles. The second-order valence-electron chi connectivity index (χ2n) is 5.12. The van der Waals surface area contributed by atoms with Gasteiger partial charge in [0.1, 0.15) is 0 Å². The Morgan fingerprint density at radius 3 is 2.78 bits per heavy atom. The van der Waals surface area contributed by atoms with Gasteiger partial charge >= 0.3 is 0 Å². The third-order valence-electron chi connectivity index (χ3n) is 2.50. The fourth-order valence-corrected chi connectivity index (χ4v) is 1.26. The monoisotopic (exact) mass is 251 g/mol. The average Bonchev–Trinajstić information content (AvgIpc) is 2.27. The molecular formula is C13H21N3O2. The lowest BCUT2D eigenvalue weighted by Gasteiger charge is -2.22. The van der Waals surface area contributed by atoms with Crippen molar-refractivity contribution in [2.75, 3.05) is 11.9 Å². The number of nitrogens with zero attached hydrogens (tertiary/aromatic N) is 1. The van der Waals surface area contributed by atoms with E-state index in [1.165, 1.54) is 0 Å². The maximum atomic E-state index is 11.2. The second-order valence-corrected chi connectivity index (χ2v) is 5.12. The molecule has 1 aromatic rings. The zero-order valence-corrected chi connectivity index (χ0v) is 11.4. The molecule has 5 heteroatoms. The minimum absolute atomic E-state index is 0.0684. The summed E-state index contributed by atoms with van der Waals surface area (Å²) in [6, 6.07) is 3.65. The van der Waals surface area contributed by atoms with Crippen molar-refractivity contribution in [3.63, 3.8) is 0 Å². The van der Waals surface area contributed by atoms with E-state index < -0.39 is 5.41 Å². The van der Waals surface area contributed by atoms with Gasteiger partial charge in [0.15, 0.2) is 11.6 Å². The van der Waals surface area contributed by atoms with Crippen LogP contribution in [-0.2, 0) is 4.79 Å². The molecule has 18 heavy (non-hydrogen) atoms. The summed E-state index contributed by atoms with van der Waals surface area (Å²) in [7, 11) is 0. The molecule has 0 atom stereocenters. The quantitative estimate of drug-likeness (QED) is 0.808. The minimum Gasteiger partial charge on any atom is -0.487 e. The third-order valence-corrected chi connectivity index (χ3v) is 2.50. The summed E-state index contributed by atoms with van der Waals surface area (Å²) < 4.78 is 5.63. The van der Waals surface area contributed by atoms with E-state index in [1.807, 2.05) is 26.0 Å². The number of amides is 1. The Bertz CT molecular complexity index is 416. The Hall–Kier alpha value is -1.78. The second kappa shape index (κ2) is 5.71. The molecule has 0 aliphatic carbocycles. The van der Waals surface area contributed by atoms with Gasteiger partial charge in [-0.1, -0.05) is 0 Å². The van der Waals surface area contributed by atoms with Gasteiger partial charge in [-0.3, -0.25) is 4.79 Å². The maximum absolute atomic E-state index is 11.2. The first-order valence-electron chi connectivity index (χ1n) is 5.98. The number of primary amides is 1. The van der Waals surface area contributed by atoms with Gasteiger partial charge in [0.05, 0.1) is 11.5 Å². The molecule has 0 aromatic carbocycles.